The van der Waals surface area contributed by atoms with Crippen molar-refractivity contribution in [3.05, 3.63) is 64.2 Å². The average molecular weight is 572 g/mol. The predicted molar refractivity (Wildman–Crippen MR) is 145 cm³/mol. The maximum atomic E-state index is 13.2. The minimum Gasteiger partial charge on any atom is -0.399 e. The van der Waals surface area contributed by atoms with Crippen LogP contribution in [0.15, 0.2) is 36.4 Å². The van der Waals surface area contributed by atoms with Crippen LogP contribution in [0.25, 0.3) is 0 Å². The third kappa shape index (κ3) is 5.56. The monoisotopic (exact) mass is 572 g/mol. The zero-order valence-corrected chi connectivity index (χ0v) is 24.4. The lowest BCUT2D eigenvalue weighted by molar-refractivity contribution is -0.369. The number of benzene rings is 2. The van der Waals surface area contributed by atoms with E-state index >= 15 is 0 Å². The Balaban J connectivity index is 1.93. The predicted octanol–water partition coefficient (Wildman–Crippen LogP) is 7.50. The van der Waals surface area contributed by atoms with Gasteiger partial charge in [-0.1, -0.05) is 55.8 Å². The summed E-state index contributed by atoms with van der Waals surface area (Å²) in [5, 5.41) is 9.56. The lowest BCUT2D eigenvalue weighted by atomic mass is 9.67. The van der Waals surface area contributed by atoms with Crippen LogP contribution in [-0.2, 0) is 21.1 Å². The van der Waals surface area contributed by atoms with E-state index in [-0.39, 0.29) is 0 Å². The van der Waals surface area contributed by atoms with Crippen molar-refractivity contribution in [1.29, 1.82) is 0 Å². The Bertz CT molecular complexity index is 1180. The number of aliphatic hydroxyl groups is 1. The summed E-state index contributed by atoms with van der Waals surface area (Å²) in [6.45, 7) is 15.7. The standard InChI is InChI=1S/C30H39BF6O3/c1-9-27(10-2,23-13-14-24(20(4)18-23)31-39-25(5,6)26(7,8)40-31)22-12-11-21(19(3)17-22)15-16-28(38,29(32,33)34)30(35,36)37/h11-14,17-18,38H,9-10,15-16H2,1-8H3. The normalized spacial score (nSPS) is 17.9. The molecule has 1 saturated heterocycles. The molecule has 40 heavy (non-hydrogen) atoms. The number of halogens is 6. The van der Waals surface area contributed by atoms with Gasteiger partial charge in [0.1, 0.15) is 0 Å². The highest BCUT2D eigenvalue weighted by molar-refractivity contribution is 6.62. The smallest absolute Gasteiger partial charge is 0.399 e. The van der Waals surface area contributed by atoms with Gasteiger partial charge in [-0.3, -0.25) is 0 Å². The summed E-state index contributed by atoms with van der Waals surface area (Å²) >= 11 is 0. The van der Waals surface area contributed by atoms with Crippen LogP contribution in [0.1, 0.15) is 88.6 Å². The maximum Gasteiger partial charge on any atom is 0.495 e. The quantitative estimate of drug-likeness (QED) is 0.263. The van der Waals surface area contributed by atoms with E-state index in [2.05, 4.69) is 19.9 Å². The zero-order valence-electron chi connectivity index (χ0n) is 24.4. The first-order valence-corrected chi connectivity index (χ1v) is 13.6. The molecule has 1 N–H and O–H groups in total. The first kappa shape index (κ1) is 32.5. The number of alkyl halides is 6. The van der Waals surface area contributed by atoms with Gasteiger partial charge in [0.2, 0.25) is 0 Å². The molecule has 10 heteroatoms. The fourth-order valence-corrected chi connectivity index (χ4v) is 5.47. The molecule has 1 fully saturated rings. The van der Waals surface area contributed by atoms with Gasteiger partial charge in [-0.05, 0) is 94.9 Å². The third-order valence-corrected chi connectivity index (χ3v) is 9.13. The molecule has 3 rings (SSSR count). The first-order valence-electron chi connectivity index (χ1n) is 13.6. The van der Waals surface area contributed by atoms with E-state index in [4.69, 9.17) is 9.31 Å². The molecular weight excluding hydrogens is 533 g/mol. The highest BCUT2D eigenvalue weighted by atomic mass is 19.4. The van der Waals surface area contributed by atoms with E-state index in [0.717, 1.165) is 35.0 Å². The van der Waals surface area contributed by atoms with E-state index in [1.54, 1.807) is 19.1 Å². The van der Waals surface area contributed by atoms with Crippen LogP contribution >= 0.6 is 0 Å². The lowest BCUT2D eigenvalue weighted by Crippen LogP contribution is -2.57. The highest BCUT2D eigenvalue weighted by Crippen LogP contribution is 2.46. The molecule has 0 unspecified atom stereocenters. The van der Waals surface area contributed by atoms with Crippen LogP contribution in [0.4, 0.5) is 26.3 Å². The molecule has 0 aromatic heterocycles. The van der Waals surface area contributed by atoms with Gasteiger partial charge in [-0.15, -0.1) is 0 Å². The Morgan fingerprint density at radius 2 is 1.20 bits per heavy atom. The van der Waals surface area contributed by atoms with E-state index in [9.17, 15) is 31.4 Å². The van der Waals surface area contributed by atoms with Gasteiger partial charge in [0.25, 0.3) is 5.60 Å². The van der Waals surface area contributed by atoms with Crippen molar-refractivity contribution < 1.29 is 40.8 Å². The molecule has 0 spiro atoms. The molecular formula is C30H39BF6O3. The summed E-state index contributed by atoms with van der Waals surface area (Å²) in [6.07, 6.45) is -12.3. The van der Waals surface area contributed by atoms with E-state index in [1.165, 1.54) is 0 Å². The number of hydrogen-bond acceptors (Lipinski definition) is 3. The summed E-state index contributed by atoms with van der Waals surface area (Å²) in [7, 11) is -0.509. The molecule has 1 aliphatic heterocycles. The van der Waals surface area contributed by atoms with Gasteiger partial charge in [-0.25, -0.2) is 0 Å². The van der Waals surface area contributed by atoms with Crippen LogP contribution in [0.3, 0.4) is 0 Å². The minimum atomic E-state index is -5.83. The van der Waals surface area contributed by atoms with Crippen LogP contribution in [-0.4, -0.2) is 41.4 Å². The largest absolute Gasteiger partial charge is 0.495 e. The lowest BCUT2D eigenvalue weighted by Gasteiger charge is -2.35. The third-order valence-electron chi connectivity index (χ3n) is 9.13. The summed E-state index contributed by atoms with van der Waals surface area (Å²) < 4.78 is 91.4. The topological polar surface area (TPSA) is 38.7 Å². The number of hydrogen-bond donors (Lipinski definition) is 1. The molecule has 1 aliphatic rings. The summed E-state index contributed by atoms with van der Waals surface area (Å²) in [5.74, 6) is 0. The molecule has 1 heterocycles. The van der Waals surface area contributed by atoms with Crippen molar-refractivity contribution in [2.45, 2.75) is 116 Å². The Hall–Kier alpha value is -2.04. The fourth-order valence-electron chi connectivity index (χ4n) is 5.47. The molecule has 0 amide bonds. The van der Waals surface area contributed by atoms with Gasteiger partial charge in [0.15, 0.2) is 0 Å². The molecule has 0 radical (unpaired) electrons. The molecule has 2 aromatic carbocycles. The van der Waals surface area contributed by atoms with Crippen LogP contribution < -0.4 is 5.46 Å². The van der Waals surface area contributed by atoms with E-state index in [0.29, 0.717) is 11.1 Å². The summed E-state index contributed by atoms with van der Waals surface area (Å²) in [5.41, 5.74) is -1.37. The minimum absolute atomic E-state index is 0.323. The second-order valence-corrected chi connectivity index (χ2v) is 11.9. The van der Waals surface area contributed by atoms with Gasteiger partial charge in [0.05, 0.1) is 11.2 Å². The molecule has 2 aromatic rings. The zero-order chi connectivity index (χ0) is 30.5. The Morgan fingerprint density at radius 3 is 1.60 bits per heavy atom. The van der Waals surface area contributed by atoms with Gasteiger partial charge < -0.3 is 14.4 Å². The molecule has 0 saturated carbocycles. The Morgan fingerprint density at radius 1 is 0.750 bits per heavy atom. The van der Waals surface area contributed by atoms with Gasteiger partial charge in [-0.2, -0.15) is 26.3 Å². The molecule has 222 valence electrons. The summed E-state index contributed by atoms with van der Waals surface area (Å²) in [6, 6.07) is 11.3. The average Bonchev–Trinajstić information content (AvgIpc) is 3.04. The first-order chi connectivity index (χ1) is 18.2. The second kappa shape index (κ2) is 10.7. The second-order valence-electron chi connectivity index (χ2n) is 11.9. The van der Waals surface area contributed by atoms with E-state index in [1.807, 2.05) is 52.8 Å². The van der Waals surface area contributed by atoms with Crippen molar-refractivity contribution in [2.24, 2.45) is 0 Å². The van der Waals surface area contributed by atoms with Crippen molar-refractivity contribution >= 4 is 12.6 Å². The van der Waals surface area contributed by atoms with E-state index < -0.39 is 54.5 Å². The number of aryl methyl sites for hydroxylation is 3. The van der Waals surface area contributed by atoms with Crippen LogP contribution in [0, 0.1) is 13.8 Å². The Labute approximate surface area is 233 Å². The van der Waals surface area contributed by atoms with Crippen LogP contribution in [0.5, 0.6) is 0 Å². The molecule has 0 atom stereocenters. The van der Waals surface area contributed by atoms with Crippen LogP contribution in [0.2, 0.25) is 0 Å². The van der Waals surface area contributed by atoms with Crippen molar-refractivity contribution in [2.75, 3.05) is 0 Å². The van der Waals surface area contributed by atoms with Gasteiger partial charge >= 0.3 is 19.5 Å². The summed E-state index contributed by atoms with van der Waals surface area (Å²) in [4.78, 5) is 0. The van der Waals surface area contributed by atoms with Crippen molar-refractivity contribution in [3.63, 3.8) is 0 Å². The maximum absolute atomic E-state index is 13.2. The molecule has 3 nitrogen and oxygen atoms in total. The fraction of sp³-hybridized carbons (Fsp3) is 0.600. The molecule has 0 bridgehead atoms. The van der Waals surface area contributed by atoms with Gasteiger partial charge in [0, 0.05) is 5.41 Å². The van der Waals surface area contributed by atoms with Crippen molar-refractivity contribution in [1.82, 2.24) is 0 Å². The Kier molecular flexibility index (Phi) is 8.66. The SMILES string of the molecule is CCC(CC)(c1ccc(CCC(O)(C(F)(F)F)C(F)(F)F)c(C)c1)c1ccc(B2OC(C)(C)C(C)(C)O2)c(C)c1. The highest BCUT2D eigenvalue weighted by Gasteiger charge is 2.69. The number of rotatable bonds is 8. The van der Waals surface area contributed by atoms with Crippen molar-refractivity contribution in [3.8, 4) is 0 Å². The molecule has 0 aliphatic carbocycles.